The van der Waals surface area contributed by atoms with E-state index in [0.29, 0.717) is 28.0 Å². The average Bonchev–Trinajstić information content (AvgIpc) is 3.20. The number of amides is 3. The van der Waals surface area contributed by atoms with E-state index in [1.54, 1.807) is 48.4 Å². The molecule has 1 aliphatic heterocycles. The zero-order chi connectivity index (χ0) is 30.2. The summed E-state index contributed by atoms with van der Waals surface area (Å²) in [6.07, 6.45) is -0.796. The smallest absolute Gasteiger partial charge is 0.242 e. The molecule has 0 bridgehead atoms. The number of para-hydroxylation sites is 1. The summed E-state index contributed by atoms with van der Waals surface area (Å²) in [6.45, 7) is 5.39. The van der Waals surface area contributed by atoms with Gasteiger partial charge in [0.15, 0.2) is 5.17 Å². The van der Waals surface area contributed by atoms with Gasteiger partial charge in [-0.15, -0.1) is 0 Å². The first-order valence-electron chi connectivity index (χ1n) is 13.4. The van der Waals surface area contributed by atoms with Crippen LogP contribution in [0.5, 0.6) is 11.5 Å². The summed E-state index contributed by atoms with van der Waals surface area (Å²) in [5.74, 6) is -0.218. The van der Waals surface area contributed by atoms with E-state index in [-0.39, 0.29) is 42.5 Å². The molecule has 4 rings (SSSR count). The van der Waals surface area contributed by atoms with Gasteiger partial charge in [-0.1, -0.05) is 42.1 Å². The van der Waals surface area contributed by atoms with E-state index in [0.717, 1.165) is 5.56 Å². The lowest BCUT2D eigenvalue weighted by atomic mass is 10.1. The number of nitrogens with one attached hydrogen (secondary N) is 2. The predicted octanol–water partition coefficient (Wildman–Crippen LogP) is 5.49. The monoisotopic (exact) mass is 590 g/mol. The Labute approximate surface area is 249 Å². The van der Waals surface area contributed by atoms with Gasteiger partial charge in [-0.05, 0) is 50.2 Å². The van der Waals surface area contributed by atoms with Crippen LogP contribution < -0.4 is 15.4 Å². The first kappa shape index (κ1) is 30.6. The predicted molar refractivity (Wildman–Crippen MR) is 164 cm³/mol. The van der Waals surface area contributed by atoms with Crippen LogP contribution in [0.3, 0.4) is 0 Å². The highest BCUT2D eigenvalue weighted by Gasteiger charge is 2.41. The van der Waals surface area contributed by atoms with E-state index in [4.69, 9.17) is 14.5 Å². The maximum Gasteiger partial charge on any atom is 0.242 e. The number of ether oxygens (including phenoxy) is 2. The third-order valence-corrected chi connectivity index (χ3v) is 7.36. The molecular weight excluding hydrogens is 556 g/mol. The Balaban J connectivity index is 1.65. The van der Waals surface area contributed by atoms with E-state index >= 15 is 0 Å². The van der Waals surface area contributed by atoms with E-state index in [1.165, 1.54) is 30.8 Å². The highest BCUT2D eigenvalue weighted by Crippen LogP contribution is 2.36. The van der Waals surface area contributed by atoms with E-state index < -0.39 is 11.4 Å². The van der Waals surface area contributed by atoms with Crippen molar-refractivity contribution in [2.75, 3.05) is 24.3 Å². The third-order valence-electron chi connectivity index (χ3n) is 6.18. The molecule has 42 heavy (non-hydrogen) atoms. The van der Waals surface area contributed by atoms with Crippen LogP contribution in [-0.2, 0) is 19.1 Å². The fourth-order valence-corrected chi connectivity index (χ4v) is 5.63. The summed E-state index contributed by atoms with van der Waals surface area (Å²) in [6, 6.07) is 20.7. The Morgan fingerprint density at radius 1 is 1.02 bits per heavy atom. The van der Waals surface area contributed by atoms with Crippen molar-refractivity contribution in [2.45, 2.75) is 44.6 Å². The van der Waals surface area contributed by atoms with Gasteiger partial charge in [0, 0.05) is 36.3 Å². The summed E-state index contributed by atoms with van der Waals surface area (Å²) in [5.41, 5.74) is 2.31. The number of benzene rings is 3. The topological polar surface area (TPSA) is 130 Å². The molecular formula is C31H34N4O6S. The second-order valence-electron chi connectivity index (χ2n) is 9.90. The molecule has 3 aromatic rings. The van der Waals surface area contributed by atoms with Gasteiger partial charge in [-0.25, -0.2) is 4.99 Å². The Kier molecular flexibility index (Phi) is 10.2. The normalized spacial score (nSPS) is 16.5. The molecule has 3 amide bonds. The van der Waals surface area contributed by atoms with Crippen LogP contribution in [-0.4, -0.2) is 57.9 Å². The number of aromatic hydroxyl groups is 1. The van der Waals surface area contributed by atoms with Gasteiger partial charge in [-0.3, -0.25) is 19.3 Å². The molecule has 0 spiro atoms. The van der Waals surface area contributed by atoms with Gasteiger partial charge >= 0.3 is 0 Å². The Morgan fingerprint density at radius 2 is 1.74 bits per heavy atom. The Morgan fingerprint density at radius 3 is 2.43 bits per heavy atom. The molecule has 10 nitrogen and oxygen atoms in total. The average molecular weight is 591 g/mol. The second-order valence-corrected chi connectivity index (χ2v) is 11.1. The quantitative estimate of drug-likeness (QED) is 0.269. The summed E-state index contributed by atoms with van der Waals surface area (Å²) < 4.78 is 11.8. The lowest BCUT2D eigenvalue weighted by Gasteiger charge is -2.27. The SMILES string of the molecule is COc1ccccc1C(CN1C(=O)C(CC(=O)Nc2cccc(O)c2)SC1=Nc1cccc(NC(C)=O)c1)OC(C)C. The van der Waals surface area contributed by atoms with Crippen molar-refractivity contribution in [2.24, 2.45) is 4.99 Å². The molecule has 0 saturated carbocycles. The van der Waals surface area contributed by atoms with Gasteiger partial charge < -0.3 is 25.2 Å². The van der Waals surface area contributed by atoms with Crippen LogP contribution in [0.15, 0.2) is 77.8 Å². The van der Waals surface area contributed by atoms with Crippen LogP contribution in [0.2, 0.25) is 0 Å². The molecule has 1 saturated heterocycles. The number of hydrogen-bond donors (Lipinski definition) is 3. The fraction of sp³-hybridized carbons (Fsp3) is 0.290. The summed E-state index contributed by atoms with van der Waals surface area (Å²) in [4.78, 5) is 44.6. The number of rotatable bonds is 11. The minimum absolute atomic E-state index is 0.0220. The van der Waals surface area contributed by atoms with Crippen molar-refractivity contribution in [1.29, 1.82) is 0 Å². The molecule has 0 radical (unpaired) electrons. The molecule has 2 unspecified atom stereocenters. The molecule has 0 aromatic heterocycles. The standard InChI is InChI=1S/C31H34N4O6S/c1-19(2)41-27(25-13-5-6-14-26(25)40-4)18-35-30(39)28(17-29(38)33-23-11-8-12-24(37)16-23)42-31(35)34-22-10-7-9-21(15-22)32-20(3)36/h5-16,19,27-28,37H,17-18H2,1-4H3,(H,32,36)(H,33,38). The van der Waals surface area contributed by atoms with Crippen molar-refractivity contribution in [3.63, 3.8) is 0 Å². The molecule has 3 aromatic carbocycles. The van der Waals surface area contributed by atoms with E-state index in [9.17, 15) is 19.5 Å². The maximum absolute atomic E-state index is 13.8. The largest absolute Gasteiger partial charge is 0.508 e. The van der Waals surface area contributed by atoms with E-state index in [2.05, 4.69) is 10.6 Å². The maximum atomic E-state index is 13.8. The first-order valence-corrected chi connectivity index (χ1v) is 14.3. The molecule has 1 aliphatic rings. The number of carbonyl (C=O) groups excluding carboxylic acids is 3. The number of carbonyl (C=O) groups is 3. The molecule has 3 N–H and O–H groups in total. The van der Waals surface area contributed by atoms with Crippen molar-refractivity contribution in [3.8, 4) is 11.5 Å². The number of nitrogens with zero attached hydrogens (tertiary/aromatic N) is 2. The van der Waals surface area contributed by atoms with Gasteiger partial charge in [0.25, 0.3) is 0 Å². The van der Waals surface area contributed by atoms with Gasteiger partial charge in [-0.2, -0.15) is 0 Å². The molecule has 1 heterocycles. The highest BCUT2D eigenvalue weighted by atomic mass is 32.2. The van der Waals surface area contributed by atoms with E-state index in [1.807, 2.05) is 38.1 Å². The minimum atomic E-state index is -0.739. The van der Waals surface area contributed by atoms with Gasteiger partial charge in [0.2, 0.25) is 17.7 Å². The van der Waals surface area contributed by atoms with Crippen LogP contribution in [0.25, 0.3) is 0 Å². The van der Waals surface area contributed by atoms with Gasteiger partial charge in [0.1, 0.15) is 22.9 Å². The van der Waals surface area contributed by atoms with Crippen molar-refractivity contribution in [1.82, 2.24) is 4.90 Å². The lowest BCUT2D eigenvalue weighted by Crippen LogP contribution is -2.37. The molecule has 11 heteroatoms. The number of hydrogen-bond acceptors (Lipinski definition) is 8. The van der Waals surface area contributed by atoms with Crippen LogP contribution in [0.1, 0.15) is 38.9 Å². The number of methoxy groups -OCH3 is 1. The van der Waals surface area contributed by atoms with Crippen molar-refractivity contribution in [3.05, 3.63) is 78.4 Å². The number of phenolic OH excluding ortho intramolecular Hbond substituents is 1. The Hall–Kier alpha value is -4.35. The van der Waals surface area contributed by atoms with Crippen LogP contribution in [0, 0.1) is 0 Å². The van der Waals surface area contributed by atoms with Crippen molar-refractivity contribution < 1.29 is 29.0 Å². The number of aliphatic imine (C=N–C) groups is 1. The van der Waals surface area contributed by atoms with Crippen molar-refractivity contribution >= 4 is 51.7 Å². The summed E-state index contributed by atoms with van der Waals surface area (Å²) >= 11 is 1.19. The second kappa shape index (κ2) is 14.0. The first-order chi connectivity index (χ1) is 20.1. The van der Waals surface area contributed by atoms with Crippen LogP contribution in [0.4, 0.5) is 17.1 Å². The zero-order valence-electron chi connectivity index (χ0n) is 23.9. The number of amidine groups is 1. The van der Waals surface area contributed by atoms with Crippen LogP contribution >= 0.6 is 11.8 Å². The number of phenols is 1. The number of anilines is 2. The molecule has 220 valence electrons. The zero-order valence-corrected chi connectivity index (χ0v) is 24.7. The third kappa shape index (κ3) is 8.11. The summed E-state index contributed by atoms with van der Waals surface area (Å²) in [7, 11) is 1.58. The van der Waals surface area contributed by atoms with Gasteiger partial charge in [0.05, 0.1) is 25.4 Å². The number of thioether (sulfide) groups is 1. The molecule has 1 fully saturated rings. The minimum Gasteiger partial charge on any atom is -0.508 e. The lowest BCUT2D eigenvalue weighted by molar-refractivity contribution is -0.130. The highest BCUT2D eigenvalue weighted by molar-refractivity contribution is 8.15. The fourth-order valence-electron chi connectivity index (χ4n) is 4.47. The summed E-state index contributed by atoms with van der Waals surface area (Å²) in [5, 5.41) is 14.9. The Bertz CT molecular complexity index is 1480. The molecule has 2 atom stereocenters. The molecule has 0 aliphatic carbocycles.